The van der Waals surface area contributed by atoms with Gasteiger partial charge in [-0.15, -0.1) is 0 Å². The van der Waals surface area contributed by atoms with Crippen molar-refractivity contribution in [1.29, 1.82) is 0 Å². The van der Waals surface area contributed by atoms with E-state index >= 15 is 0 Å². The number of nitrogens with one attached hydrogen (secondary N) is 1. The van der Waals surface area contributed by atoms with Crippen molar-refractivity contribution in [3.05, 3.63) is 64.4 Å². The molecular weight excluding hydrogens is 329 g/mol. The molecule has 0 spiro atoms. The summed E-state index contributed by atoms with van der Waals surface area (Å²) in [5, 5.41) is 2.58. The molecule has 3 nitrogen and oxygen atoms in total. The van der Waals surface area contributed by atoms with E-state index in [-0.39, 0.29) is 29.1 Å². The maximum atomic E-state index is 12.5. The summed E-state index contributed by atoms with van der Waals surface area (Å²) in [4.78, 5) is 15.7. The Kier molecular flexibility index (Phi) is 5.26. The highest BCUT2D eigenvalue weighted by atomic mass is 35.5. The number of aromatic nitrogens is 1. The average Bonchev–Trinajstić information content (AvgIpc) is 2.49. The molecule has 0 unspecified atom stereocenters. The van der Waals surface area contributed by atoms with E-state index in [0.717, 1.165) is 11.6 Å². The predicted molar refractivity (Wildman–Crippen MR) is 81.0 cm³/mol. The van der Waals surface area contributed by atoms with Crippen LogP contribution in [0.15, 0.2) is 42.6 Å². The summed E-state index contributed by atoms with van der Waals surface area (Å²) in [5.41, 5.74) is 0.0917. The number of rotatable bonds is 4. The van der Waals surface area contributed by atoms with Gasteiger partial charge in [0.05, 0.1) is 28.7 Å². The average molecular weight is 343 g/mol. The number of nitrogens with zero attached hydrogens (tertiary/aromatic N) is 1. The van der Waals surface area contributed by atoms with Crippen LogP contribution in [0.25, 0.3) is 0 Å². The van der Waals surface area contributed by atoms with Crippen LogP contribution >= 0.6 is 11.6 Å². The number of hydrogen-bond acceptors (Lipinski definition) is 2. The van der Waals surface area contributed by atoms with Gasteiger partial charge in [0.2, 0.25) is 5.91 Å². The number of amides is 1. The zero-order valence-corrected chi connectivity index (χ0v) is 12.9. The summed E-state index contributed by atoms with van der Waals surface area (Å²) < 4.78 is 37.6. The van der Waals surface area contributed by atoms with E-state index in [1.54, 1.807) is 0 Å². The quantitative estimate of drug-likeness (QED) is 0.906. The van der Waals surface area contributed by atoms with E-state index in [1.165, 1.54) is 0 Å². The van der Waals surface area contributed by atoms with Crippen LogP contribution in [0.5, 0.6) is 0 Å². The summed E-state index contributed by atoms with van der Waals surface area (Å²) in [7, 11) is 0. The fraction of sp³-hybridized carbons (Fsp3) is 0.250. The van der Waals surface area contributed by atoms with Gasteiger partial charge in [-0.25, -0.2) is 0 Å². The van der Waals surface area contributed by atoms with Crippen molar-refractivity contribution in [2.24, 2.45) is 0 Å². The molecule has 0 fully saturated rings. The van der Waals surface area contributed by atoms with Gasteiger partial charge in [0.1, 0.15) is 0 Å². The van der Waals surface area contributed by atoms with Gasteiger partial charge in [0.25, 0.3) is 0 Å². The van der Waals surface area contributed by atoms with Gasteiger partial charge >= 0.3 is 6.18 Å². The third-order valence-electron chi connectivity index (χ3n) is 3.25. The zero-order valence-electron chi connectivity index (χ0n) is 12.2. The first kappa shape index (κ1) is 17.3. The topological polar surface area (TPSA) is 42.0 Å². The second kappa shape index (κ2) is 7.00. The first-order valence-electron chi connectivity index (χ1n) is 6.83. The van der Waals surface area contributed by atoms with Crippen molar-refractivity contribution in [2.75, 3.05) is 0 Å². The van der Waals surface area contributed by atoms with Gasteiger partial charge in [-0.05, 0) is 18.6 Å². The smallest absolute Gasteiger partial charge is 0.349 e. The van der Waals surface area contributed by atoms with E-state index in [1.807, 2.05) is 37.3 Å². The Morgan fingerprint density at radius 2 is 1.96 bits per heavy atom. The van der Waals surface area contributed by atoms with Gasteiger partial charge in [-0.2, -0.15) is 13.2 Å². The number of alkyl halides is 3. The van der Waals surface area contributed by atoms with Crippen molar-refractivity contribution >= 4 is 17.5 Å². The molecule has 0 aliphatic carbocycles. The molecule has 0 saturated carbocycles. The molecule has 1 aromatic carbocycles. The molecule has 23 heavy (non-hydrogen) atoms. The fourth-order valence-corrected chi connectivity index (χ4v) is 2.25. The summed E-state index contributed by atoms with van der Waals surface area (Å²) in [5.74, 6) is -0.365. The van der Waals surface area contributed by atoms with Crippen LogP contribution in [0, 0.1) is 0 Å². The molecule has 1 aromatic heterocycles. The normalized spacial score (nSPS) is 12.7. The molecule has 1 N–H and O–H groups in total. The Balaban J connectivity index is 2.03. The maximum Gasteiger partial charge on any atom is 0.417 e. The van der Waals surface area contributed by atoms with Gasteiger partial charge in [-0.3, -0.25) is 9.78 Å². The number of hydrogen-bond donors (Lipinski definition) is 1. The van der Waals surface area contributed by atoms with Crippen molar-refractivity contribution in [1.82, 2.24) is 10.3 Å². The second-order valence-electron chi connectivity index (χ2n) is 5.03. The Labute approximate surface area is 136 Å². The maximum absolute atomic E-state index is 12.5. The van der Waals surface area contributed by atoms with Crippen LogP contribution in [-0.4, -0.2) is 10.9 Å². The van der Waals surface area contributed by atoms with Crippen LogP contribution in [0.2, 0.25) is 5.02 Å². The van der Waals surface area contributed by atoms with Gasteiger partial charge < -0.3 is 5.32 Å². The summed E-state index contributed by atoms with van der Waals surface area (Å²) in [6, 6.07) is 9.86. The summed E-state index contributed by atoms with van der Waals surface area (Å²) >= 11 is 5.79. The Hall–Kier alpha value is -2.08. The molecule has 0 aliphatic rings. The standard InChI is InChI=1S/C16H14ClF3N2O/c1-10(11-5-3-2-4-6-11)22-15(23)8-14-13(17)7-12(9-21-14)16(18,19)20/h2-7,9-10H,8H2,1H3,(H,22,23)/t10-/m1/s1. The first-order valence-corrected chi connectivity index (χ1v) is 7.21. The molecular formula is C16H14ClF3N2O. The fourth-order valence-electron chi connectivity index (χ4n) is 2.02. The lowest BCUT2D eigenvalue weighted by Gasteiger charge is -2.14. The molecule has 0 radical (unpaired) electrons. The molecule has 0 bridgehead atoms. The van der Waals surface area contributed by atoms with E-state index < -0.39 is 11.7 Å². The molecule has 7 heteroatoms. The highest BCUT2D eigenvalue weighted by Crippen LogP contribution is 2.31. The molecule has 1 amide bonds. The SMILES string of the molecule is C[C@@H](NC(=O)Cc1ncc(C(F)(F)F)cc1Cl)c1ccccc1. The number of benzene rings is 1. The van der Waals surface area contributed by atoms with Crippen molar-refractivity contribution in [3.8, 4) is 0 Å². The number of halogens is 4. The minimum absolute atomic E-state index is 0.109. The van der Waals surface area contributed by atoms with Crippen LogP contribution < -0.4 is 5.32 Å². The van der Waals surface area contributed by atoms with Crippen molar-refractivity contribution in [2.45, 2.75) is 25.6 Å². The van der Waals surface area contributed by atoms with Gasteiger partial charge in [-0.1, -0.05) is 41.9 Å². The predicted octanol–water partition coefficient (Wildman–Crippen LogP) is 4.17. The lowest BCUT2D eigenvalue weighted by molar-refractivity contribution is -0.137. The molecule has 0 aliphatic heterocycles. The van der Waals surface area contributed by atoms with E-state index in [4.69, 9.17) is 11.6 Å². The lowest BCUT2D eigenvalue weighted by Crippen LogP contribution is -2.28. The highest BCUT2D eigenvalue weighted by molar-refractivity contribution is 6.31. The third-order valence-corrected chi connectivity index (χ3v) is 3.58. The molecule has 1 heterocycles. The zero-order chi connectivity index (χ0) is 17.0. The van der Waals surface area contributed by atoms with E-state index in [0.29, 0.717) is 6.20 Å². The van der Waals surface area contributed by atoms with E-state index in [9.17, 15) is 18.0 Å². The van der Waals surface area contributed by atoms with Gasteiger partial charge in [0.15, 0.2) is 0 Å². The number of pyridine rings is 1. The van der Waals surface area contributed by atoms with Gasteiger partial charge in [0, 0.05) is 6.20 Å². The summed E-state index contributed by atoms with van der Waals surface area (Å²) in [6.45, 7) is 1.81. The Morgan fingerprint density at radius 1 is 1.30 bits per heavy atom. The van der Waals surface area contributed by atoms with Crippen LogP contribution in [0.3, 0.4) is 0 Å². The lowest BCUT2D eigenvalue weighted by atomic mass is 10.1. The molecule has 2 aromatic rings. The first-order chi connectivity index (χ1) is 10.8. The largest absolute Gasteiger partial charge is 0.417 e. The second-order valence-corrected chi connectivity index (χ2v) is 5.43. The molecule has 2 rings (SSSR count). The van der Waals surface area contributed by atoms with Crippen LogP contribution in [0.1, 0.15) is 29.8 Å². The molecule has 1 atom stereocenters. The molecule has 122 valence electrons. The Bertz CT molecular complexity index is 689. The number of carbonyl (C=O) groups excluding carboxylic acids is 1. The monoisotopic (exact) mass is 342 g/mol. The van der Waals surface area contributed by atoms with E-state index in [2.05, 4.69) is 10.3 Å². The number of carbonyl (C=O) groups is 1. The highest BCUT2D eigenvalue weighted by Gasteiger charge is 2.31. The van der Waals surface area contributed by atoms with Crippen molar-refractivity contribution in [3.63, 3.8) is 0 Å². The summed E-state index contributed by atoms with van der Waals surface area (Å²) in [6.07, 6.45) is -4.03. The molecule has 0 saturated heterocycles. The Morgan fingerprint density at radius 3 is 2.52 bits per heavy atom. The van der Waals surface area contributed by atoms with Crippen molar-refractivity contribution < 1.29 is 18.0 Å². The minimum atomic E-state index is -4.51. The van der Waals surface area contributed by atoms with Crippen LogP contribution in [0.4, 0.5) is 13.2 Å². The minimum Gasteiger partial charge on any atom is -0.349 e. The third kappa shape index (κ3) is 4.69. The van der Waals surface area contributed by atoms with Crippen LogP contribution in [-0.2, 0) is 17.4 Å².